The van der Waals surface area contributed by atoms with E-state index < -0.39 is 44.0 Å². The van der Waals surface area contributed by atoms with E-state index in [1.807, 2.05) is 0 Å². The second-order valence-corrected chi connectivity index (χ2v) is 12.3. The molecule has 2 N–H and O–H groups in total. The first-order valence-corrected chi connectivity index (χ1v) is 13.6. The van der Waals surface area contributed by atoms with Gasteiger partial charge in [-0.1, -0.05) is 11.6 Å². The molecule has 2 aliphatic rings. The number of fused-ring (bicyclic) bond motifs is 2. The molecule has 0 spiro atoms. The fourth-order valence-corrected chi connectivity index (χ4v) is 8.65. The lowest BCUT2D eigenvalue weighted by molar-refractivity contribution is -0.0354. The Labute approximate surface area is 216 Å². The van der Waals surface area contributed by atoms with E-state index in [9.17, 15) is 31.5 Å². The van der Waals surface area contributed by atoms with Gasteiger partial charge in [-0.25, -0.2) is 21.6 Å². The van der Waals surface area contributed by atoms with Crippen molar-refractivity contribution in [2.24, 2.45) is 11.8 Å². The molecule has 7 nitrogen and oxygen atoms in total. The second kappa shape index (κ2) is 9.45. The quantitative estimate of drug-likeness (QED) is 0.435. The Morgan fingerprint density at radius 1 is 1.14 bits per heavy atom. The fourth-order valence-electron chi connectivity index (χ4n) is 5.81. The molecule has 0 saturated heterocycles. The summed E-state index contributed by atoms with van der Waals surface area (Å²) in [6, 6.07) is 6.68. The Bertz CT molecular complexity index is 1430. The van der Waals surface area contributed by atoms with Crippen LogP contribution in [0.2, 0.25) is 5.02 Å². The van der Waals surface area contributed by atoms with Gasteiger partial charge in [0.1, 0.15) is 0 Å². The lowest BCUT2D eigenvalue weighted by atomic mass is 9.77. The van der Waals surface area contributed by atoms with Crippen LogP contribution >= 0.6 is 11.6 Å². The summed E-state index contributed by atoms with van der Waals surface area (Å²) in [4.78, 5) is 12.5. The van der Waals surface area contributed by atoms with Crippen LogP contribution in [0.3, 0.4) is 0 Å². The summed E-state index contributed by atoms with van der Waals surface area (Å²) in [5.41, 5.74) is -1.52. The van der Waals surface area contributed by atoms with Crippen LogP contribution in [0, 0.1) is 29.3 Å². The van der Waals surface area contributed by atoms with Gasteiger partial charge >= 0.3 is 0 Å². The van der Waals surface area contributed by atoms with Gasteiger partial charge < -0.3 is 10.4 Å². The highest BCUT2D eigenvalue weighted by Gasteiger charge is 2.54. The normalized spacial score (nSPS) is 25.3. The third-order valence-electron chi connectivity index (χ3n) is 7.24. The number of nitrogens with one attached hydrogen (secondary N) is 1. The predicted octanol–water partition coefficient (Wildman–Crippen LogP) is 4.60. The molecule has 2 aliphatic carbocycles. The Hall–Kier alpha value is -2.89. The van der Waals surface area contributed by atoms with Crippen molar-refractivity contribution in [3.05, 3.63) is 76.8 Å². The molecular weight excluding hydrogens is 531 g/mol. The second-order valence-electron chi connectivity index (χ2n) is 9.80. The van der Waals surface area contributed by atoms with Crippen LogP contribution in [-0.2, 0) is 16.4 Å². The maximum Gasteiger partial charge on any atom is 0.255 e. The van der Waals surface area contributed by atoms with Gasteiger partial charge in [-0.2, -0.15) is 5.10 Å². The summed E-state index contributed by atoms with van der Waals surface area (Å²) in [6.07, 6.45) is 5.19. The molecular formula is C25H23ClF3N3O4S. The molecule has 1 aromatic heterocycles. The number of aromatic nitrogens is 2. The van der Waals surface area contributed by atoms with Crippen LogP contribution in [-0.4, -0.2) is 40.1 Å². The molecule has 0 aliphatic heterocycles. The number of aliphatic hydroxyl groups is 1. The number of carbonyl (C=O) groups is 1. The molecule has 196 valence electrons. The molecule has 37 heavy (non-hydrogen) atoms. The zero-order valence-corrected chi connectivity index (χ0v) is 20.9. The van der Waals surface area contributed by atoms with E-state index in [1.54, 1.807) is 23.1 Å². The molecule has 1 heterocycles. The summed E-state index contributed by atoms with van der Waals surface area (Å²) in [6.45, 7) is 0.265. The van der Waals surface area contributed by atoms with Crippen molar-refractivity contribution < 1.29 is 31.5 Å². The lowest BCUT2D eigenvalue weighted by Gasteiger charge is -2.40. The number of rotatable bonds is 6. The highest BCUT2D eigenvalue weighted by atomic mass is 35.5. The van der Waals surface area contributed by atoms with Crippen molar-refractivity contribution in [2.75, 3.05) is 5.32 Å². The summed E-state index contributed by atoms with van der Waals surface area (Å²) in [7, 11) is -4.00. The Morgan fingerprint density at radius 2 is 1.78 bits per heavy atom. The number of hydrogen-bond donors (Lipinski definition) is 2. The van der Waals surface area contributed by atoms with Crippen LogP contribution in [0.15, 0.2) is 53.7 Å². The molecule has 12 heteroatoms. The average Bonchev–Trinajstić information content (AvgIpc) is 3.43. The van der Waals surface area contributed by atoms with Gasteiger partial charge in [0.2, 0.25) is 0 Å². The molecule has 3 aromatic rings. The topological polar surface area (TPSA) is 101 Å². The van der Waals surface area contributed by atoms with Crippen molar-refractivity contribution in [1.29, 1.82) is 0 Å². The third kappa shape index (κ3) is 4.87. The fraction of sp³-hybridized carbons (Fsp3) is 0.360. The van der Waals surface area contributed by atoms with E-state index in [-0.39, 0.29) is 52.4 Å². The molecule has 2 aromatic carbocycles. The molecule has 1 amide bonds. The molecule has 5 rings (SSSR count). The summed E-state index contributed by atoms with van der Waals surface area (Å²) >= 11 is 6.28. The first-order valence-electron chi connectivity index (χ1n) is 11.7. The van der Waals surface area contributed by atoms with Gasteiger partial charge in [-0.15, -0.1) is 0 Å². The van der Waals surface area contributed by atoms with Crippen LogP contribution in [0.1, 0.15) is 36.0 Å². The summed E-state index contributed by atoms with van der Waals surface area (Å²) in [5.74, 6) is -6.08. The van der Waals surface area contributed by atoms with Crippen molar-refractivity contribution in [1.82, 2.24) is 9.78 Å². The number of carbonyl (C=O) groups excluding carboxylic acids is 1. The van der Waals surface area contributed by atoms with E-state index >= 15 is 0 Å². The van der Waals surface area contributed by atoms with E-state index in [0.717, 1.165) is 6.07 Å². The van der Waals surface area contributed by atoms with Gasteiger partial charge in [0.25, 0.3) is 5.91 Å². The largest absolute Gasteiger partial charge is 0.388 e. The van der Waals surface area contributed by atoms with Gasteiger partial charge in [0.15, 0.2) is 27.3 Å². The van der Waals surface area contributed by atoms with Crippen molar-refractivity contribution in [3.8, 4) is 0 Å². The number of hydrogen-bond acceptors (Lipinski definition) is 5. The van der Waals surface area contributed by atoms with Crippen molar-refractivity contribution >= 4 is 33.0 Å². The monoisotopic (exact) mass is 553 g/mol. The van der Waals surface area contributed by atoms with E-state index in [2.05, 4.69) is 10.4 Å². The zero-order valence-electron chi connectivity index (χ0n) is 19.4. The molecule has 2 atom stereocenters. The van der Waals surface area contributed by atoms with Crippen LogP contribution < -0.4 is 5.32 Å². The highest BCUT2D eigenvalue weighted by Crippen LogP contribution is 2.51. The maximum atomic E-state index is 13.8. The molecule has 2 bridgehead atoms. The van der Waals surface area contributed by atoms with Crippen molar-refractivity contribution in [3.63, 3.8) is 0 Å². The standard InChI is InChI=1S/C25H23ClF3N3O4S/c26-18-5-4-14(24(33)31-17-9-19(27)22(29)20(28)10-17)8-21(18)37(35,36)23-15-2-3-16(23)12-25(34,11-15)13-32-7-1-6-30-32/h1,4-10,15-16,23,34H,2-3,11-13H2,(H,31,33). The number of benzene rings is 2. The summed E-state index contributed by atoms with van der Waals surface area (Å²) in [5, 5.41) is 16.8. The van der Waals surface area contributed by atoms with Crippen LogP contribution in [0.5, 0.6) is 0 Å². The first-order chi connectivity index (χ1) is 17.5. The third-order valence-corrected chi connectivity index (χ3v) is 10.1. The first kappa shape index (κ1) is 25.7. The van der Waals surface area contributed by atoms with Gasteiger partial charge in [-0.3, -0.25) is 9.48 Å². The van der Waals surface area contributed by atoms with Gasteiger partial charge in [-0.05, 0) is 61.8 Å². The Balaban J connectivity index is 1.39. The Morgan fingerprint density at radius 3 is 2.38 bits per heavy atom. The van der Waals surface area contributed by atoms with Crippen LogP contribution in [0.4, 0.5) is 18.9 Å². The molecule has 2 unspecified atom stereocenters. The maximum absolute atomic E-state index is 13.8. The number of amides is 1. The Kier molecular flexibility index (Phi) is 6.57. The molecule has 0 radical (unpaired) electrons. The number of anilines is 1. The van der Waals surface area contributed by atoms with E-state index in [0.29, 0.717) is 25.0 Å². The average molecular weight is 554 g/mol. The number of halogens is 4. The zero-order chi connectivity index (χ0) is 26.5. The molecule has 2 saturated carbocycles. The van der Waals surface area contributed by atoms with Crippen LogP contribution in [0.25, 0.3) is 0 Å². The minimum Gasteiger partial charge on any atom is -0.388 e. The number of nitrogens with zero attached hydrogens (tertiary/aromatic N) is 2. The van der Waals surface area contributed by atoms with Crippen molar-refractivity contribution in [2.45, 2.75) is 48.0 Å². The van der Waals surface area contributed by atoms with E-state index in [4.69, 9.17) is 11.6 Å². The predicted molar refractivity (Wildman–Crippen MR) is 129 cm³/mol. The lowest BCUT2D eigenvalue weighted by Crippen LogP contribution is -2.48. The van der Waals surface area contributed by atoms with E-state index in [1.165, 1.54) is 12.1 Å². The van der Waals surface area contributed by atoms with Gasteiger partial charge in [0, 0.05) is 35.8 Å². The summed E-state index contributed by atoms with van der Waals surface area (Å²) < 4.78 is 69.5. The smallest absolute Gasteiger partial charge is 0.255 e. The highest BCUT2D eigenvalue weighted by molar-refractivity contribution is 7.92. The minimum absolute atomic E-state index is 0.0628. The number of sulfone groups is 1. The SMILES string of the molecule is O=C(Nc1cc(F)c(F)c(F)c1)c1ccc(Cl)c(S(=O)(=O)C2C3CCC2CC(O)(Cn2cccn2)C3)c1. The molecule has 2 fully saturated rings. The minimum atomic E-state index is -4.00. The van der Waals surface area contributed by atoms with Gasteiger partial charge in [0.05, 0.1) is 27.3 Å².